The molecule has 0 spiro atoms. The second-order valence-corrected chi connectivity index (χ2v) is 7.88. The fraction of sp³-hybridized carbons (Fsp3) is 0.417. The Hall–Kier alpha value is -2.69. The van der Waals surface area contributed by atoms with Crippen molar-refractivity contribution < 1.29 is 14.0 Å². The van der Waals surface area contributed by atoms with Crippen LogP contribution in [0.15, 0.2) is 42.5 Å². The zero-order valence-corrected chi connectivity index (χ0v) is 18.0. The van der Waals surface area contributed by atoms with Crippen LogP contribution >= 0.6 is 0 Å². The van der Waals surface area contributed by atoms with Crippen LogP contribution in [0.5, 0.6) is 0 Å². The molecule has 1 N–H and O–H groups in total. The molecule has 0 atom stereocenters. The number of anilines is 1. The van der Waals surface area contributed by atoms with Crippen molar-refractivity contribution in [3.05, 3.63) is 65.0 Å². The summed E-state index contributed by atoms with van der Waals surface area (Å²) in [6.07, 6.45) is 0.151. The van der Waals surface area contributed by atoms with Gasteiger partial charge >= 0.3 is 0 Å². The number of halogens is 1. The molecule has 0 heterocycles. The molecule has 2 aromatic carbocycles. The predicted molar refractivity (Wildman–Crippen MR) is 116 cm³/mol. The molecular formula is C24H31FN2O2. The number of carbonyl (C=O) groups excluding carboxylic acids is 2. The van der Waals surface area contributed by atoms with Gasteiger partial charge in [-0.05, 0) is 29.0 Å². The fourth-order valence-electron chi connectivity index (χ4n) is 3.39. The van der Waals surface area contributed by atoms with Gasteiger partial charge in [0.2, 0.25) is 11.8 Å². The summed E-state index contributed by atoms with van der Waals surface area (Å²) >= 11 is 0. The van der Waals surface area contributed by atoms with Gasteiger partial charge in [0.25, 0.3) is 0 Å². The van der Waals surface area contributed by atoms with E-state index in [9.17, 15) is 14.0 Å². The molecule has 156 valence electrons. The molecule has 0 aromatic heterocycles. The standard InChI is InChI=1S/C24H31FN2O2/c1-16(2)20-10-8-11-21(17(3)4)24(20)27(18(5)28)14-13-23(29)26-15-19-9-6-7-12-22(19)25/h6-12,16-17H,13-15H2,1-5H3,(H,26,29). The van der Waals surface area contributed by atoms with Crippen LogP contribution in [0.4, 0.5) is 10.1 Å². The second-order valence-electron chi connectivity index (χ2n) is 7.88. The molecule has 0 aliphatic carbocycles. The van der Waals surface area contributed by atoms with Gasteiger partial charge in [-0.15, -0.1) is 0 Å². The van der Waals surface area contributed by atoms with Crippen molar-refractivity contribution in [3.63, 3.8) is 0 Å². The Bertz CT molecular complexity index is 835. The molecule has 0 bridgehead atoms. The van der Waals surface area contributed by atoms with Gasteiger partial charge in [-0.3, -0.25) is 9.59 Å². The van der Waals surface area contributed by atoms with Crippen molar-refractivity contribution in [2.45, 2.75) is 59.4 Å². The van der Waals surface area contributed by atoms with E-state index in [1.165, 1.54) is 13.0 Å². The van der Waals surface area contributed by atoms with Crippen LogP contribution in [0.3, 0.4) is 0 Å². The molecule has 0 aliphatic rings. The first-order valence-electron chi connectivity index (χ1n) is 10.1. The Morgan fingerprint density at radius 1 is 0.966 bits per heavy atom. The van der Waals surface area contributed by atoms with Gasteiger partial charge < -0.3 is 10.2 Å². The number of carbonyl (C=O) groups is 2. The summed E-state index contributed by atoms with van der Waals surface area (Å²) in [4.78, 5) is 26.5. The lowest BCUT2D eigenvalue weighted by molar-refractivity contribution is -0.121. The highest BCUT2D eigenvalue weighted by Gasteiger charge is 2.22. The zero-order chi connectivity index (χ0) is 21.6. The lowest BCUT2D eigenvalue weighted by Gasteiger charge is -2.29. The molecule has 0 saturated carbocycles. The quantitative estimate of drug-likeness (QED) is 0.670. The number of para-hydroxylation sites is 1. The Kier molecular flexibility index (Phi) is 7.94. The van der Waals surface area contributed by atoms with E-state index >= 15 is 0 Å². The largest absolute Gasteiger partial charge is 0.352 e. The predicted octanol–water partition coefficient (Wildman–Crippen LogP) is 5.13. The van der Waals surface area contributed by atoms with Crippen molar-refractivity contribution in [1.82, 2.24) is 5.32 Å². The summed E-state index contributed by atoms with van der Waals surface area (Å²) in [7, 11) is 0. The molecule has 0 aliphatic heterocycles. The summed E-state index contributed by atoms with van der Waals surface area (Å²) in [6.45, 7) is 10.3. The van der Waals surface area contributed by atoms with Gasteiger partial charge in [-0.1, -0.05) is 64.1 Å². The molecule has 29 heavy (non-hydrogen) atoms. The highest BCUT2D eigenvalue weighted by molar-refractivity contribution is 5.94. The van der Waals surface area contributed by atoms with Gasteiger partial charge in [0, 0.05) is 32.0 Å². The normalized spacial score (nSPS) is 11.0. The summed E-state index contributed by atoms with van der Waals surface area (Å²) < 4.78 is 13.7. The van der Waals surface area contributed by atoms with Crippen LogP contribution in [0.2, 0.25) is 0 Å². The molecule has 0 unspecified atom stereocenters. The third-order valence-electron chi connectivity index (χ3n) is 4.99. The first kappa shape index (κ1) is 22.6. The molecule has 4 nitrogen and oxygen atoms in total. The highest BCUT2D eigenvalue weighted by Crippen LogP contribution is 2.35. The molecule has 0 fully saturated rings. The van der Waals surface area contributed by atoms with Crippen LogP contribution in [0.25, 0.3) is 0 Å². The van der Waals surface area contributed by atoms with E-state index in [0.29, 0.717) is 5.56 Å². The Morgan fingerprint density at radius 2 is 1.55 bits per heavy atom. The Morgan fingerprint density at radius 3 is 2.07 bits per heavy atom. The van der Waals surface area contributed by atoms with E-state index in [1.807, 2.05) is 18.2 Å². The molecule has 5 heteroatoms. The number of hydrogen-bond donors (Lipinski definition) is 1. The number of benzene rings is 2. The molecule has 2 aromatic rings. The van der Waals surface area contributed by atoms with E-state index in [4.69, 9.17) is 0 Å². The van der Waals surface area contributed by atoms with Crippen molar-refractivity contribution in [2.24, 2.45) is 0 Å². The Labute approximate surface area is 173 Å². The molecule has 2 amide bonds. The van der Waals surface area contributed by atoms with Crippen LogP contribution in [0, 0.1) is 5.82 Å². The first-order chi connectivity index (χ1) is 13.7. The van der Waals surface area contributed by atoms with E-state index in [-0.39, 0.29) is 49.0 Å². The maximum atomic E-state index is 13.7. The van der Waals surface area contributed by atoms with Crippen molar-refractivity contribution in [1.29, 1.82) is 0 Å². The number of nitrogens with one attached hydrogen (secondary N) is 1. The van der Waals surface area contributed by atoms with E-state index in [1.54, 1.807) is 23.1 Å². The van der Waals surface area contributed by atoms with Crippen LogP contribution < -0.4 is 10.2 Å². The maximum Gasteiger partial charge on any atom is 0.223 e. The summed E-state index contributed by atoms with van der Waals surface area (Å²) in [5, 5.41) is 2.74. The fourth-order valence-corrected chi connectivity index (χ4v) is 3.39. The van der Waals surface area contributed by atoms with Gasteiger partial charge in [0.1, 0.15) is 5.82 Å². The highest BCUT2D eigenvalue weighted by atomic mass is 19.1. The zero-order valence-electron chi connectivity index (χ0n) is 18.0. The van der Waals surface area contributed by atoms with Crippen LogP contribution in [-0.4, -0.2) is 18.4 Å². The van der Waals surface area contributed by atoms with Gasteiger partial charge in [-0.2, -0.15) is 0 Å². The number of hydrogen-bond acceptors (Lipinski definition) is 2. The maximum absolute atomic E-state index is 13.7. The lowest BCUT2D eigenvalue weighted by atomic mass is 9.91. The summed E-state index contributed by atoms with van der Waals surface area (Å²) in [5.74, 6) is -0.152. The molecular weight excluding hydrogens is 367 g/mol. The summed E-state index contributed by atoms with van der Waals surface area (Å²) in [5.41, 5.74) is 3.54. The van der Waals surface area contributed by atoms with Gasteiger partial charge in [0.15, 0.2) is 0 Å². The third kappa shape index (κ3) is 5.89. The van der Waals surface area contributed by atoms with Crippen molar-refractivity contribution in [3.8, 4) is 0 Å². The van der Waals surface area contributed by atoms with Crippen LogP contribution in [0.1, 0.15) is 69.6 Å². The van der Waals surface area contributed by atoms with E-state index in [0.717, 1.165) is 16.8 Å². The minimum absolute atomic E-state index is 0.0955. The SMILES string of the molecule is CC(=O)N(CCC(=O)NCc1ccccc1F)c1c(C(C)C)cccc1C(C)C. The molecule has 0 saturated heterocycles. The smallest absolute Gasteiger partial charge is 0.223 e. The molecule has 0 radical (unpaired) electrons. The first-order valence-corrected chi connectivity index (χ1v) is 10.1. The van der Waals surface area contributed by atoms with E-state index < -0.39 is 0 Å². The monoisotopic (exact) mass is 398 g/mol. The number of nitrogens with zero attached hydrogens (tertiary/aromatic N) is 1. The van der Waals surface area contributed by atoms with Crippen LogP contribution in [-0.2, 0) is 16.1 Å². The average molecular weight is 399 g/mol. The van der Waals surface area contributed by atoms with Crippen molar-refractivity contribution >= 4 is 17.5 Å². The van der Waals surface area contributed by atoms with Gasteiger partial charge in [0.05, 0.1) is 5.69 Å². The minimum Gasteiger partial charge on any atom is -0.352 e. The van der Waals surface area contributed by atoms with Gasteiger partial charge in [-0.25, -0.2) is 4.39 Å². The average Bonchev–Trinajstić information content (AvgIpc) is 2.67. The minimum atomic E-state index is -0.342. The molecule has 2 rings (SSSR count). The van der Waals surface area contributed by atoms with E-state index in [2.05, 4.69) is 33.0 Å². The topological polar surface area (TPSA) is 49.4 Å². The summed E-state index contributed by atoms with van der Waals surface area (Å²) in [6, 6.07) is 12.5. The second kappa shape index (κ2) is 10.2. The Balaban J connectivity index is 2.16. The van der Waals surface area contributed by atoms with Crippen molar-refractivity contribution in [2.75, 3.05) is 11.4 Å². The number of amides is 2. The lowest BCUT2D eigenvalue weighted by Crippen LogP contribution is -2.35. The number of rotatable bonds is 8. The third-order valence-corrected chi connectivity index (χ3v) is 4.99.